The highest BCUT2D eigenvalue weighted by Gasteiger charge is 2.26. The van der Waals surface area contributed by atoms with Crippen molar-refractivity contribution in [3.8, 4) is 0 Å². The molecule has 0 saturated carbocycles. The van der Waals surface area contributed by atoms with Gasteiger partial charge in [-0.25, -0.2) is 9.59 Å². The molecule has 1 aliphatic heterocycles. The first kappa shape index (κ1) is 17.8. The van der Waals surface area contributed by atoms with Gasteiger partial charge in [0.05, 0.1) is 0 Å². The van der Waals surface area contributed by atoms with Crippen LogP contribution in [-0.2, 0) is 20.7 Å². The molecule has 1 heterocycles. The number of benzene rings is 1. The third-order valence-electron chi connectivity index (χ3n) is 3.53. The van der Waals surface area contributed by atoms with Crippen LogP contribution in [0.25, 0.3) is 0 Å². The van der Waals surface area contributed by atoms with Crippen LogP contribution in [-0.4, -0.2) is 41.3 Å². The maximum Gasteiger partial charge on any atom is 0.408 e. The van der Waals surface area contributed by atoms with Crippen molar-refractivity contribution in [3.63, 3.8) is 0 Å². The third-order valence-corrected chi connectivity index (χ3v) is 3.53. The van der Waals surface area contributed by atoms with E-state index in [0.29, 0.717) is 13.0 Å². The molecular weight excluding hydrogens is 312 g/mol. The molecule has 130 valence electrons. The predicted octanol–water partition coefficient (Wildman–Crippen LogP) is 1.94. The molecule has 1 aromatic rings. The van der Waals surface area contributed by atoms with E-state index in [1.165, 1.54) is 0 Å². The van der Waals surface area contributed by atoms with Crippen molar-refractivity contribution >= 4 is 23.7 Å². The van der Waals surface area contributed by atoms with Gasteiger partial charge in [-0.3, -0.25) is 4.79 Å². The number of carbonyl (C=O) groups is 3. The molecule has 0 spiro atoms. The van der Waals surface area contributed by atoms with Crippen molar-refractivity contribution in [2.75, 3.05) is 11.4 Å². The summed E-state index contributed by atoms with van der Waals surface area (Å²) in [7, 11) is 0. The van der Waals surface area contributed by atoms with Crippen molar-refractivity contribution < 1.29 is 24.2 Å². The largest absolute Gasteiger partial charge is 0.480 e. The lowest BCUT2D eigenvalue weighted by atomic mass is 10.0. The summed E-state index contributed by atoms with van der Waals surface area (Å²) in [6.45, 7) is 5.82. The lowest BCUT2D eigenvalue weighted by Crippen LogP contribution is -2.44. The quantitative estimate of drug-likeness (QED) is 0.802. The molecule has 0 unspecified atom stereocenters. The highest BCUT2D eigenvalue weighted by atomic mass is 16.6. The summed E-state index contributed by atoms with van der Waals surface area (Å²) < 4.78 is 5.08. The van der Waals surface area contributed by atoms with Crippen molar-refractivity contribution in [2.24, 2.45) is 0 Å². The number of amides is 2. The van der Waals surface area contributed by atoms with Crippen LogP contribution in [0.4, 0.5) is 10.5 Å². The average molecular weight is 334 g/mol. The lowest BCUT2D eigenvalue weighted by molar-refractivity contribution is -0.139. The number of hydrogen-bond donors (Lipinski definition) is 2. The van der Waals surface area contributed by atoms with Gasteiger partial charge in [-0.15, -0.1) is 0 Å². The number of carboxylic acid groups (broad SMARTS) is 1. The topological polar surface area (TPSA) is 95.9 Å². The molecular formula is C17H22N2O5. The smallest absolute Gasteiger partial charge is 0.408 e. The van der Waals surface area contributed by atoms with E-state index >= 15 is 0 Å². The second-order valence-corrected chi connectivity index (χ2v) is 6.70. The standard InChI is InChI=1S/C17H22N2O5/c1-17(2,3)24-16(23)18-13(15(21)22)10-11-4-6-12(7-5-11)19-9-8-14(19)20/h4-7,13H,8-10H2,1-3H3,(H,18,23)(H,21,22)/t13-/m0/s1. The number of anilines is 1. The van der Waals surface area contributed by atoms with Crippen molar-refractivity contribution in [1.29, 1.82) is 0 Å². The van der Waals surface area contributed by atoms with Gasteiger partial charge in [-0.1, -0.05) is 12.1 Å². The highest BCUT2D eigenvalue weighted by molar-refractivity contribution is 5.99. The number of alkyl carbamates (subject to hydrolysis) is 1. The van der Waals surface area contributed by atoms with Crippen LogP contribution in [0.1, 0.15) is 32.8 Å². The Balaban J connectivity index is 1.98. The van der Waals surface area contributed by atoms with Gasteiger partial charge in [0.1, 0.15) is 11.6 Å². The Bertz CT molecular complexity index is 633. The summed E-state index contributed by atoms with van der Waals surface area (Å²) in [5.41, 5.74) is 0.843. The van der Waals surface area contributed by atoms with Crippen LogP contribution < -0.4 is 10.2 Å². The summed E-state index contributed by atoms with van der Waals surface area (Å²) >= 11 is 0. The Kier molecular flexibility index (Phi) is 5.11. The van der Waals surface area contributed by atoms with Crippen LogP contribution >= 0.6 is 0 Å². The van der Waals surface area contributed by atoms with Crippen molar-refractivity contribution in [3.05, 3.63) is 29.8 Å². The Morgan fingerprint density at radius 1 is 1.29 bits per heavy atom. The number of β-lactam (4-membered cyclic amide) rings is 1. The van der Waals surface area contributed by atoms with E-state index in [1.807, 2.05) is 0 Å². The third kappa shape index (κ3) is 4.71. The number of rotatable bonds is 5. The summed E-state index contributed by atoms with van der Waals surface area (Å²) in [6.07, 6.45) is -0.0801. The number of carbonyl (C=O) groups excluding carboxylic acids is 2. The van der Waals surface area contributed by atoms with Crippen molar-refractivity contribution in [2.45, 2.75) is 45.3 Å². The van der Waals surface area contributed by atoms with E-state index < -0.39 is 23.7 Å². The fourth-order valence-corrected chi connectivity index (χ4v) is 2.29. The number of aliphatic carboxylic acids is 1. The fraction of sp³-hybridized carbons (Fsp3) is 0.471. The van der Waals surface area contributed by atoms with E-state index in [0.717, 1.165) is 11.3 Å². The summed E-state index contributed by atoms with van der Waals surface area (Å²) in [6, 6.07) is 5.98. The maximum atomic E-state index is 11.7. The van der Waals surface area contributed by atoms with Gasteiger partial charge in [-0.2, -0.15) is 0 Å². The van der Waals surface area contributed by atoms with Gasteiger partial charge < -0.3 is 20.1 Å². The van der Waals surface area contributed by atoms with E-state index in [4.69, 9.17) is 4.74 Å². The SMILES string of the molecule is CC(C)(C)OC(=O)N[C@@H](Cc1ccc(N2CCC2=O)cc1)C(=O)O. The van der Waals surface area contributed by atoms with E-state index in [2.05, 4.69) is 5.32 Å². The zero-order valence-corrected chi connectivity index (χ0v) is 14.0. The highest BCUT2D eigenvalue weighted by Crippen LogP contribution is 2.22. The minimum atomic E-state index is -1.14. The number of ether oxygens (including phenoxy) is 1. The second kappa shape index (κ2) is 6.90. The first-order chi connectivity index (χ1) is 11.2. The molecule has 1 aromatic carbocycles. The molecule has 0 aliphatic carbocycles. The van der Waals surface area contributed by atoms with Gasteiger partial charge in [0.2, 0.25) is 5.91 Å². The Morgan fingerprint density at radius 2 is 1.92 bits per heavy atom. The number of carboxylic acids is 1. The number of nitrogens with one attached hydrogen (secondary N) is 1. The molecule has 1 fully saturated rings. The fourth-order valence-electron chi connectivity index (χ4n) is 2.29. The Hall–Kier alpha value is -2.57. The molecule has 0 bridgehead atoms. The number of nitrogens with zero attached hydrogens (tertiary/aromatic N) is 1. The predicted molar refractivity (Wildman–Crippen MR) is 87.9 cm³/mol. The van der Waals surface area contributed by atoms with Gasteiger partial charge >= 0.3 is 12.1 Å². The number of hydrogen-bond acceptors (Lipinski definition) is 4. The zero-order valence-electron chi connectivity index (χ0n) is 14.0. The minimum Gasteiger partial charge on any atom is -0.480 e. The van der Waals surface area contributed by atoms with Crippen LogP contribution in [0, 0.1) is 0 Å². The Morgan fingerprint density at radius 3 is 2.33 bits per heavy atom. The van der Waals surface area contributed by atoms with E-state index in [9.17, 15) is 19.5 Å². The molecule has 2 amide bonds. The monoisotopic (exact) mass is 334 g/mol. The summed E-state index contributed by atoms with van der Waals surface area (Å²) in [4.78, 5) is 36.2. The second-order valence-electron chi connectivity index (χ2n) is 6.70. The van der Waals surface area contributed by atoms with Crippen LogP contribution in [0.2, 0.25) is 0 Å². The molecule has 0 radical (unpaired) electrons. The average Bonchev–Trinajstić information content (AvgIpc) is 2.44. The van der Waals surface area contributed by atoms with Crippen LogP contribution in [0.15, 0.2) is 24.3 Å². The molecule has 1 atom stereocenters. The molecule has 2 N–H and O–H groups in total. The first-order valence-electron chi connectivity index (χ1n) is 7.77. The van der Waals surface area contributed by atoms with Gasteiger partial charge in [0, 0.05) is 25.1 Å². The summed E-state index contributed by atoms with van der Waals surface area (Å²) in [5, 5.41) is 11.6. The molecule has 0 aromatic heterocycles. The molecule has 2 rings (SSSR count). The molecule has 7 heteroatoms. The van der Waals surface area contributed by atoms with Gasteiger partial charge in [0.15, 0.2) is 0 Å². The summed E-state index contributed by atoms with van der Waals surface area (Å²) in [5.74, 6) is -1.05. The Labute approximate surface area is 140 Å². The van der Waals surface area contributed by atoms with Crippen LogP contribution in [0.3, 0.4) is 0 Å². The minimum absolute atomic E-state index is 0.0813. The van der Waals surface area contributed by atoms with Gasteiger partial charge in [0.25, 0.3) is 0 Å². The van der Waals surface area contributed by atoms with E-state index in [1.54, 1.807) is 49.9 Å². The van der Waals surface area contributed by atoms with Crippen molar-refractivity contribution in [1.82, 2.24) is 5.32 Å². The molecule has 1 saturated heterocycles. The normalized spacial score (nSPS) is 15.5. The zero-order chi connectivity index (χ0) is 17.9. The maximum absolute atomic E-state index is 11.7. The van der Waals surface area contributed by atoms with Gasteiger partial charge in [-0.05, 0) is 38.5 Å². The van der Waals surface area contributed by atoms with Crippen LogP contribution in [0.5, 0.6) is 0 Å². The van der Waals surface area contributed by atoms with E-state index in [-0.39, 0.29) is 12.3 Å². The lowest BCUT2D eigenvalue weighted by Gasteiger charge is -2.30. The molecule has 1 aliphatic rings. The first-order valence-corrected chi connectivity index (χ1v) is 7.77. The molecule has 24 heavy (non-hydrogen) atoms. The molecule has 7 nitrogen and oxygen atoms in total.